The summed E-state index contributed by atoms with van der Waals surface area (Å²) >= 11 is 1.78. The van der Waals surface area contributed by atoms with Gasteiger partial charge in [-0.05, 0) is 31.1 Å². The lowest BCUT2D eigenvalue weighted by Crippen LogP contribution is -2.33. The van der Waals surface area contributed by atoms with Crippen LogP contribution in [0, 0.1) is 12.8 Å². The molecule has 1 amide bonds. The SMILES string of the molecule is CSCCN1C(=O)C(CC(C)C)NC1c1ccc(C)cc1. The molecule has 1 aromatic carbocycles. The molecule has 1 N–H and O–H groups in total. The minimum absolute atomic E-state index is 0.0222. The number of rotatable bonds is 6. The highest BCUT2D eigenvalue weighted by atomic mass is 32.2. The van der Waals surface area contributed by atoms with Crippen LogP contribution in [-0.4, -0.2) is 35.4 Å². The molecule has 0 aliphatic carbocycles. The third-order valence-corrected chi connectivity index (χ3v) is 4.48. The normalized spacial score (nSPS) is 22.3. The van der Waals surface area contributed by atoms with Gasteiger partial charge in [0.1, 0.15) is 6.17 Å². The lowest BCUT2D eigenvalue weighted by atomic mass is 10.0. The van der Waals surface area contributed by atoms with E-state index in [0.717, 1.165) is 18.7 Å². The van der Waals surface area contributed by atoms with Crippen molar-refractivity contribution in [1.29, 1.82) is 0 Å². The molecule has 116 valence electrons. The van der Waals surface area contributed by atoms with E-state index in [0.29, 0.717) is 5.92 Å². The van der Waals surface area contributed by atoms with Crippen molar-refractivity contribution in [1.82, 2.24) is 10.2 Å². The summed E-state index contributed by atoms with van der Waals surface area (Å²) in [5.41, 5.74) is 2.43. The summed E-state index contributed by atoms with van der Waals surface area (Å²) in [5, 5.41) is 3.53. The van der Waals surface area contributed by atoms with Crippen LogP contribution in [0.1, 0.15) is 37.6 Å². The molecule has 2 rings (SSSR count). The molecular formula is C17H26N2OS. The van der Waals surface area contributed by atoms with Crippen LogP contribution in [0.4, 0.5) is 0 Å². The Hall–Kier alpha value is -1.00. The molecule has 21 heavy (non-hydrogen) atoms. The molecule has 0 aromatic heterocycles. The molecule has 1 fully saturated rings. The maximum atomic E-state index is 12.7. The number of hydrogen-bond acceptors (Lipinski definition) is 3. The molecule has 1 saturated heterocycles. The predicted molar refractivity (Wildman–Crippen MR) is 90.4 cm³/mol. The maximum Gasteiger partial charge on any atom is 0.241 e. The van der Waals surface area contributed by atoms with E-state index in [4.69, 9.17) is 0 Å². The zero-order valence-electron chi connectivity index (χ0n) is 13.4. The fourth-order valence-electron chi connectivity index (χ4n) is 2.77. The van der Waals surface area contributed by atoms with Crippen molar-refractivity contribution in [3.8, 4) is 0 Å². The van der Waals surface area contributed by atoms with E-state index in [1.54, 1.807) is 11.8 Å². The standard InChI is InChI=1S/C17H26N2OS/c1-12(2)11-15-17(20)19(9-10-21-4)16(18-15)14-7-5-13(3)6-8-14/h5-8,12,15-16,18H,9-11H2,1-4H3. The van der Waals surface area contributed by atoms with Gasteiger partial charge < -0.3 is 4.90 Å². The smallest absolute Gasteiger partial charge is 0.241 e. The van der Waals surface area contributed by atoms with Gasteiger partial charge in [0.2, 0.25) is 5.91 Å². The van der Waals surface area contributed by atoms with Gasteiger partial charge in [0.15, 0.2) is 0 Å². The molecule has 4 heteroatoms. The first kappa shape index (κ1) is 16.4. The summed E-state index contributed by atoms with van der Waals surface area (Å²) < 4.78 is 0. The van der Waals surface area contributed by atoms with Crippen molar-refractivity contribution in [2.24, 2.45) is 5.92 Å². The van der Waals surface area contributed by atoms with Crippen LogP contribution >= 0.6 is 11.8 Å². The van der Waals surface area contributed by atoms with E-state index < -0.39 is 0 Å². The van der Waals surface area contributed by atoms with Crippen LogP contribution in [0.5, 0.6) is 0 Å². The lowest BCUT2D eigenvalue weighted by Gasteiger charge is -2.24. The molecule has 1 aliphatic rings. The fraction of sp³-hybridized carbons (Fsp3) is 0.588. The first-order valence-corrected chi connectivity index (χ1v) is 9.04. The van der Waals surface area contributed by atoms with E-state index in [1.165, 1.54) is 11.1 Å². The van der Waals surface area contributed by atoms with Crippen LogP contribution < -0.4 is 5.32 Å². The highest BCUT2D eigenvalue weighted by Gasteiger charge is 2.39. The zero-order chi connectivity index (χ0) is 15.4. The molecular weight excluding hydrogens is 280 g/mol. The fourth-order valence-corrected chi connectivity index (χ4v) is 3.15. The first-order chi connectivity index (χ1) is 10.0. The summed E-state index contributed by atoms with van der Waals surface area (Å²) in [4.78, 5) is 14.7. The molecule has 1 aliphatic heterocycles. The van der Waals surface area contributed by atoms with Crippen molar-refractivity contribution < 1.29 is 4.79 Å². The Balaban J connectivity index is 2.19. The minimum atomic E-state index is -0.0434. The predicted octanol–water partition coefficient (Wildman–Crippen LogP) is 3.20. The number of thioether (sulfide) groups is 1. The molecule has 0 bridgehead atoms. The number of carbonyl (C=O) groups excluding carboxylic acids is 1. The van der Waals surface area contributed by atoms with E-state index in [-0.39, 0.29) is 18.1 Å². The van der Waals surface area contributed by atoms with Crippen molar-refractivity contribution in [2.45, 2.75) is 39.4 Å². The molecule has 1 heterocycles. The maximum absolute atomic E-state index is 12.7. The first-order valence-electron chi connectivity index (χ1n) is 7.65. The number of nitrogens with one attached hydrogen (secondary N) is 1. The topological polar surface area (TPSA) is 32.3 Å². The van der Waals surface area contributed by atoms with Gasteiger partial charge in [-0.15, -0.1) is 0 Å². The number of nitrogens with zero attached hydrogens (tertiary/aromatic N) is 1. The summed E-state index contributed by atoms with van der Waals surface area (Å²) in [6.45, 7) is 7.23. The lowest BCUT2D eigenvalue weighted by molar-refractivity contribution is -0.130. The van der Waals surface area contributed by atoms with Crippen molar-refractivity contribution in [2.75, 3.05) is 18.6 Å². The second kappa shape index (κ2) is 7.32. The van der Waals surface area contributed by atoms with Gasteiger partial charge in [0.05, 0.1) is 6.04 Å². The van der Waals surface area contributed by atoms with Crippen molar-refractivity contribution in [3.63, 3.8) is 0 Å². The van der Waals surface area contributed by atoms with Crippen LogP contribution in [0.2, 0.25) is 0 Å². The Morgan fingerprint density at radius 2 is 1.95 bits per heavy atom. The van der Waals surface area contributed by atoms with Gasteiger partial charge in [-0.2, -0.15) is 11.8 Å². The van der Waals surface area contributed by atoms with E-state index >= 15 is 0 Å². The van der Waals surface area contributed by atoms with Crippen LogP contribution in [0.25, 0.3) is 0 Å². The van der Waals surface area contributed by atoms with Gasteiger partial charge in [0, 0.05) is 12.3 Å². The quantitative estimate of drug-likeness (QED) is 0.876. The Bertz CT molecular complexity index is 472. The third kappa shape index (κ3) is 4.01. The van der Waals surface area contributed by atoms with E-state index in [1.807, 2.05) is 4.90 Å². The van der Waals surface area contributed by atoms with E-state index in [2.05, 4.69) is 56.6 Å². The molecule has 0 spiro atoms. The molecule has 3 nitrogen and oxygen atoms in total. The second-order valence-corrected chi connectivity index (χ2v) is 7.17. The van der Waals surface area contributed by atoms with Crippen LogP contribution in [-0.2, 0) is 4.79 Å². The number of benzene rings is 1. The Labute approximate surface area is 132 Å². The van der Waals surface area contributed by atoms with Crippen molar-refractivity contribution >= 4 is 17.7 Å². The molecule has 2 atom stereocenters. The Morgan fingerprint density at radius 3 is 2.52 bits per heavy atom. The highest BCUT2D eigenvalue weighted by molar-refractivity contribution is 7.98. The van der Waals surface area contributed by atoms with Gasteiger partial charge in [-0.1, -0.05) is 43.7 Å². The van der Waals surface area contributed by atoms with Crippen LogP contribution in [0.15, 0.2) is 24.3 Å². The number of carbonyl (C=O) groups is 1. The summed E-state index contributed by atoms with van der Waals surface area (Å²) in [6.07, 6.45) is 3.01. The minimum Gasteiger partial charge on any atom is -0.321 e. The number of amides is 1. The summed E-state index contributed by atoms with van der Waals surface area (Å²) in [5.74, 6) is 1.75. The van der Waals surface area contributed by atoms with Gasteiger partial charge in [-0.3, -0.25) is 10.1 Å². The number of aryl methyl sites for hydroxylation is 1. The summed E-state index contributed by atoms with van der Waals surface area (Å²) in [7, 11) is 0. The van der Waals surface area contributed by atoms with E-state index in [9.17, 15) is 4.79 Å². The monoisotopic (exact) mass is 306 g/mol. The largest absolute Gasteiger partial charge is 0.321 e. The third-order valence-electron chi connectivity index (χ3n) is 3.89. The Morgan fingerprint density at radius 1 is 1.29 bits per heavy atom. The van der Waals surface area contributed by atoms with Crippen molar-refractivity contribution in [3.05, 3.63) is 35.4 Å². The average molecular weight is 306 g/mol. The second-order valence-electron chi connectivity index (χ2n) is 6.19. The highest BCUT2D eigenvalue weighted by Crippen LogP contribution is 2.28. The van der Waals surface area contributed by atoms with Crippen LogP contribution in [0.3, 0.4) is 0 Å². The van der Waals surface area contributed by atoms with Gasteiger partial charge >= 0.3 is 0 Å². The molecule has 0 saturated carbocycles. The number of hydrogen-bond donors (Lipinski definition) is 1. The van der Waals surface area contributed by atoms with Gasteiger partial charge in [0.25, 0.3) is 0 Å². The zero-order valence-corrected chi connectivity index (χ0v) is 14.2. The molecule has 0 radical (unpaired) electrons. The van der Waals surface area contributed by atoms with Gasteiger partial charge in [-0.25, -0.2) is 0 Å². The Kier molecular flexibility index (Phi) is 5.71. The average Bonchev–Trinajstić information content (AvgIpc) is 2.74. The summed E-state index contributed by atoms with van der Waals surface area (Å²) in [6, 6.07) is 8.44. The molecule has 2 unspecified atom stereocenters. The molecule has 1 aromatic rings.